The maximum atomic E-state index is 12.7. The molecule has 7 heteroatoms. The zero-order chi connectivity index (χ0) is 19.2. The minimum absolute atomic E-state index is 0.0816. The van der Waals surface area contributed by atoms with E-state index >= 15 is 0 Å². The summed E-state index contributed by atoms with van der Waals surface area (Å²) >= 11 is 0. The first-order valence-corrected chi connectivity index (χ1v) is 9.88. The minimum Gasteiger partial charge on any atom is -0.326 e. The van der Waals surface area contributed by atoms with E-state index < -0.39 is 0 Å². The molecule has 28 heavy (non-hydrogen) atoms. The lowest BCUT2D eigenvalue weighted by atomic mass is 9.95. The van der Waals surface area contributed by atoms with E-state index in [1.54, 1.807) is 6.20 Å². The molecule has 0 saturated carbocycles. The second-order valence-corrected chi connectivity index (χ2v) is 7.28. The highest BCUT2D eigenvalue weighted by molar-refractivity contribution is 5.93. The van der Waals surface area contributed by atoms with Crippen LogP contribution in [0.25, 0.3) is 11.3 Å². The predicted molar refractivity (Wildman–Crippen MR) is 109 cm³/mol. The quantitative estimate of drug-likeness (QED) is 0.662. The van der Waals surface area contributed by atoms with Crippen molar-refractivity contribution in [2.45, 2.75) is 25.8 Å². The van der Waals surface area contributed by atoms with Crippen molar-refractivity contribution in [1.29, 1.82) is 0 Å². The number of nitrogens with zero attached hydrogens (tertiary/aromatic N) is 4. The van der Waals surface area contributed by atoms with Crippen molar-refractivity contribution in [1.82, 2.24) is 24.9 Å². The Morgan fingerprint density at radius 1 is 1.14 bits per heavy atom. The maximum absolute atomic E-state index is 12.7. The van der Waals surface area contributed by atoms with E-state index in [1.165, 1.54) is 0 Å². The number of H-pyrrole nitrogens is 1. The Hall–Kier alpha value is -2.93. The summed E-state index contributed by atoms with van der Waals surface area (Å²) in [6.07, 6.45) is 8.44. The third-order valence-electron chi connectivity index (χ3n) is 5.32. The largest absolute Gasteiger partial charge is 0.326 e. The fraction of sp³-hybridized carbons (Fsp3) is 0.381. The molecule has 4 rings (SSSR count). The SMILES string of the molecule is O=C(Nc1cccc(-c2ccn[nH]2)c1)C1CCN(CCCn2cccn2)CC1. The molecule has 0 atom stereocenters. The van der Waals surface area contributed by atoms with Crippen molar-refractivity contribution in [3.8, 4) is 11.3 Å². The molecule has 0 aliphatic carbocycles. The van der Waals surface area contributed by atoms with Gasteiger partial charge in [-0.05, 0) is 63.2 Å². The summed E-state index contributed by atoms with van der Waals surface area (Å²) in [6.45, 7) is 3.96. The monoisotopic (exact) mass is 378 g/mol. The number of piperidine rings is 1. The van der Waals surface area contributed by atoms with Gasteiger partial charge in [-0.3, -0.25) is 14.6 Å². The van der Waals surface area contributed by atoms with Crippen molar-refractivity contribution >= 4 is 11.6 Å². The lowest BCUT2D eigenvalue weighted by molar-refractivity contribution is -0.121. The number of aryl methyl sites for hydroxylation is 1. The first-order valence-electron chi connectivity index (χ1n) is 9.88. The van der Waals surface area contributed by atoms with Crippen LogP contribution in [0.15, 0.2) is 55.0 Å². The Balaban J connectivity index is 1.23. The number of aromatic nitrogens is 4. The third-order valence-corrected chi connectivity index (χ3v) is 5.32. The molecule has 0 unspecified atom stereocenters. The number of hydrogen-bond donors (Lipinski definition) is 2. The zero-order valence-corrected chi connectivity index (χ0v) is 15.9. The van der Waals surface area contributed by atoms with Crippen LogP contribution in [0, 0.1) is 5.92 Å². The van der Waals surface area contributed by atoms with Gasteiger partial charge in [-0.1, -0.05) is 12.1 Å². The molecule has 1 aromatic carbocycles. The average Bonchev–Trinajstić information content (AvgIpc) is 3.43. The van der Waals surface area contributed by atoms with E-state index in [0.717, 1.165) is 62.4 Å². The van der Waals surface area contributed by atoms with E-state index in [0.29, 0.717) is 0 Å². The topological polar surface area (TPSA) is 78.8 Å². The van der Waals surface area contributed by atoms with Crippen LogP contribution < -0.4 is 5.32 Å². The molecular weight excluding hydrogens is 352 g/mol. The van der Waals surface area contributed by atoms with Crippen molar-refractivity contribution in [3.63, 3.8) is 0 Å². The molecule has 1 aliphatic rings. The minimum atomic E-state index is 0.0816. The van der Waals surface area contributed by atoms with E-state index in [1.807, 2.05) is 53.5 Å². The Bertz CT molecular complexity index is 866. The molecule has 1 aliphatic heterocycles. The number of likely N-dealkylation sites (tertiary alicyclic amines) is 1. The van der Waals surface area contributed by atoms with Gasteiger partial charge in [-0.15, -0.1) is 0 Å². The predicted octanol–water partition coefficient (Wildman–Crippen LogP) is 3.01. The third kappa shape index (κ3) is 4.67. The van der Waals surface area contributed by atoms with Gasteiger partial charge < -0.3 is 10.2 Å². The van der Waals surface area contributed by atoms with Gasteiger partial charge >= 0.3 is 0 Å². The van der Waals surface area contributed by atoms with Gasteiger partial charge in [0, 0.05) is 42.3 Å². The Morgan fingerprint density at radius 3 is 2.79 bits per heavy atom. The number of carbonyl (C=O) groups excluding carboxylic acids is 1. The molecule has 2 aromatic heterocycles. The number of rotatable bonds is 7. The Kier molecular flexibility index (Phi) is 5.82. The highest BCUT2D eigenvalue weighted by atomic mass is 16.1. The number of amides is 1. The van der Waals surface area contributed by atoms with Crippen LogP contribution in [-0.4, -0.2) is 50.4 Å². The molecule has 1 saturated heterocycles. The Labute approximate surface area is 164 Å². The highest BCUT2D eigenvalue weighted by Gasteiger charge is 2.24. The summed E-state index contributed by atoms with van der Waals surface area (Å²) in [7, 11) is 0. The van der Waals surface area contributed by atoms with Gasteiger partial charge in [-0.2, -0.15) is 10.2 Å². The molecule has 3 heterocycles. The lowest BCUT2D eigenvalue weighted by Crippen LogP contribution is -2.38. The van der Waals surface area contributed by atoms with Crippen molar-refractivity contribution in [3.05, 3.63) is 55.0 Å². The number of carbonyl (C=O) groups is 1. The van der Waals surface area contributed by atoms with E-state index in [-0.39, 0.29) is 11.8 Å². The lowest BCUT2D eigenvalue weighted by Gasteiger charge is -2.31. The van der Waals surface area contributed by atoms with Crippen LogP contribution in [0.4, 0.5) is 5.69 Å². The standard InChI is InChI=1S/C21H26N6O/c28-21(24-19-5-1-4-18(16-19)20-6-10-22-25-20)17-7-14-26(15-8-17)11-3-13-27-12-2-9-23-27/h1-2,4-6,9-10,12,16-17H,3,7-8,11,13-15H2,(H,22,25)(H,24,28). The fourth-order valence-corrected chi connectivity index (χ4v) is 3.73. The molecule has 7 nitrogen and oxygen atoms in total. The van der Waals surface area contributed by atoms with Crippen LogP contribution in [0.1, 0.15) is 19.3 Å². The highest BCUT2D eigenvalue weighted by Crippen LogP contribution is 2.23. The zero-order valence-electron chi connectivity index (χ0n) is 15.9. The molecule has 0 radical (unpaired) electrons. The molecule has 0 spiro atoms. The number of hydrogen-bond acceptors (Lipinski definition) is 4. The smallest absolute Gasteiger partial charge is 0.227 e. The summed E-state index contributed by atoms with van der Waals surface area (Å²) in [6, 6.07) is 11.7. The van der Waals surface area contributed by atoms with Crippen molar-refractivity contribution in [2.24, 2.45) is 5.92 Å². The number of nitrogens with one attached hydrogen (secondary N) is 2. The fourth-order valence-electron chi connectivity index (χ4n) is 3.73. The van der Waals surface area contributed by atoms with Gasteiger partial charge in [0.25, 0.3) is 0 Å². The van der Waals surface area contributed by atoms with Crippen LogP contribution in [0.2, 0.25) is 0 Å². The molecular formula is C21H26N6O. The van der Waals surface area contributed by atoms with Gasteiger partial charge in [0.1, 0.15) is 0 Å². The summed E-state index contributed by atoms with van der Waals surface area (Å²) in [5.41, 5.74) is 2.79. The van der Waals surface area contributed by atoms with E-state index in [2.05, 4.69) is 25.5 Å². The molecule has 2 N–H and O–H groups in total. The van der Waals surface area contributed by atoms with E-state index in [4.69, 9.17) is 0 Å². The molecule has 146 valence electrons. The summed E-state index contributed by atoms with van der Waals surface area (Å²) in [4.78, 5) is 15.1. The average molecular weight is 378 g/mol. The number of anilines is 1. The molecule has 0 bridgehead atoms. The van der Waals surface area contributed by atoms with Crippen LogP contribution in [-0.2, 0) is 11.3 Å². The first kappa shape index (κ1) is 18.4. The first-order chi connectivity index (χ1) is 13.8. The van der Waals surface area contributed by atoms with Gasteiger partial charge in [0.05, 0.1) is 5.69 Å². The summed E-state index contributed by atoms with van der Waals surface area (Å²) in [5, 5.41) is 14.3. The normalized spacial score (nSPS) is 15.6. The number of benzene rings is 1. The molecule has 1 amide bonds. The Morgan fingerprint density at radius 2 is 2.04 bits per heavy atom. The summed E-state index contributed by atoms with van der Waals surface area (Å²) in [5.74, 6) is 0.205. The van der Waals surface area contributed by atoms with Crippen molar-refractivity contribution < 1.29 is 4.79 Å². The van der Waals surface area contributed by atoms with Crippen LogP contribution >= 0.6 is 0 Å². The van der Waals surface area contributed by atoms with Gasteiger partial charge in [-0.25, -0.2) is 0 Å². The molecule has 1 fully saturated rings. The van der Waals surface area contributed by atoms with E-state index in [9.17, 15) is 4.79 Å². The van der Waals surface area contributed by atoms with Crippen LogP contribution in [0.5, 0.6) is 0 Å². The molecule has 3 aromatic rings. The number of aromatic amines is 1. The second kappa shape index (κ2) is 8.84. The summed E-state index contributed by atoms with van der Waals surface area (Å²) < 4.78 is 1.97. The van der Waals surface area contributed by atoms with Gasteiger partial charge in [0.2, 0.25) is 5.91 Å². The maximum Gasteiger partial charge on any atom is 0.227 e. The van der Waals surface area contributed by atoms with Crippen molar-refractivity contribution in [2.75, 3.05) is 25.0 Å². The second-order valence-electron chi connectivity index (χ2n) is 7.28. The van der Waals surface area contributed by atoms with Gasteiger partial charge in [0.15, 0.2) is 0 Å². The van der Waals surface area contributed by atoms with Crippen LogP contribution in [0.3, 0.4) is 0 Å².